The van der Waals surface area contributed by atoms with Crippen LogP contribution in [0.3, 0.4) is 0 Å². The number of carboxylic acid groups (broad SMARTS) is 1. The monoisotopic (exact) mass is 375 g/mol. The van der Waals surface area contributed by atoms with Gasteiger partial charge in [-0.3, -0.25) is 15.0 Å². The molecule has 1 aliphatic heterocycles. The molecule has 1 aliphatic carbocycles. The molecule has 1 unspecified atom stereocenters. The third kappa shape index (κ3) is 4.77. The van der Waals surface area contributed by atoms with Gasteiger partial charge >= 0.3 is 6.09 Å². The maximum atomic E-state index is 11.1. The number of non-ortho nitro benzene ring substituents is 1. The van der Waals surface area contributed by atoms with Crippen molar-refractivity contribution in [3.05, 3.63) is 39.4 Å². The highest BCUT2D eigenvalue weighted by Crippen LogP contribution is 2.29. The number of carbonyl (C=O) groups is 1. The number of hydrogen-bond donors (Lipinski definition) is 1. The van der Waals surface area contributed by atoms with Crippen molar-refractivity contribution in [3.63, 3.8) is 0 Å². The van der Waals surface area contributed by atoms with Gasteiger partial charge in [-0.1, -0.05) is 13.0 Å². The number of fused-ring (bicyclic) bond motifs is 1. The number of aryl methyl sites for hydroxylation is 1. The molecule has 7 heteroatoms. The summed E-state index contributed by atoms with van der Waals surface area (Å²) in [6.45, 7) is 5.45. The first kappa shape index (κ1) is 19.6. The molecule has 148 valence electrons. The highest BCUT2D eigenvalue weighted by atomic mass is 16.6. The van der Waals surface area contributed by atoms with Crippen molar-refractivity contribution >= 4 is 11.8 Å². The summed E-state index contributed by atoms with van der Waals surface area (Å²) in [4.78, 5) is 25.9. The summed E-state index contributed by atoms with van der Waals surface area (Å²) in [5.74, 6) is 0.527. The molecule has 7 nitrogen and oxygen atoms in total. The summed E-state index contributed by atoms with van der Waals surface area (Å²) < 4.78 is 0. The van der Waals surface area contributed by atoms with Crippen molar-refractivity contribution in [1.29, 1.82) is 0 Å². The van der Waals surface area contributed by atoms with E-state index in [1.165, 1.54) is 10.5 Å². The number of likely N-dealkylation sites (tertiary alicyclic amines) is 1. The van der Waals surface area contributed by atoms with Crippen LogP contribution in [-0.2, 0) is 12.8 Å². The van der Waals surface area contributed by atoms with Gasteiger partial charge in [-0.25, -0.2) is 4.79 Å². The van der Waals surface area contributed by atoms with Crippen molar-refractivity contribution in [2.45, 2.75) is 51.5 Å². The van der Waals surface area contributed by atoms with Gasteiger partial charge in [0.1, 0.15) is 0 Å². The van der Waals surface area contributed by atoms with Crippen LogP contribution < -0.4 is 0 Å². The van der Waals surface area contributed by atoms with E-state index in [0.717, 1.165) is 57.2 Å². The van der Waals surface area contributed by atoms with Crippen LogP contribution in [0.2, 0.25) is 0 Å². The largest absolute Gasteiger partial charge is 0.465 e. The van der Waals surface area contributed by atoms with Gasteiger partial charge in [0.05, 0.1) is 4.92 Å². The number of amides is 1. The third-order valence-corrected chi connectivity index (χ3v) is 6.01. The molecule has 0 aromatic heterocycles. The molecule has 0 saturated carbocycles. The molecule has 0 spiro atoms. The van der Waals surface area contributed by atoms with E-state index >= 15 is 0 Å². The lowest BCUT2D eigenvalue weighted by molar-refractivity contribution is -0.384. The molecule has 1 amide bonds. The number of hydrogen-bond acceptors (Lipinski definition) is 4. The zero-order valence-electron chi connectivity index (χ0n) is 16.0. The Morgan fingerprint density at radius 2 is 2.04 bits per heavy atom. The van der Waals surface area contributed by atoms with Crippen LogP contribution in [-0.4, -0.2) is 58.1 Å². The predicted octanol–water partition coefficient (Wildman–Crippen LogP) is 3.55. The molecule has 0 bridgehead atoms. The number of nitrogens with zero attached hydrogens (tertiary/aromatic N) is 3. The number of piperidine rings is 1. The fourth-order valence-corrected chi connectivity index (χ4v) is 4.50. The topological polar surface area (TPSA) is 86.9 Å². The van der Waals surface area contributed by atoms with Gasteiger partial charge in [-0.15, -0.1) is 0 Å². The lowest BCUT2D eigenvalue weighted by Crippen LogP contribution is -2.45. The summed E-state index contributed by atoms with van der Waals surface area (Å²) in [6.07, 6.45) is 5.01. The normalized spacial score (nSPS) is 20.5. The van der Waals surface area contributed by atoms with Gasteiger partial charge < -0.3 is 10.0 Å². The Bertz CT molecular complexity index is 686. The van der Waals surface area contributed by atoms with Crippen LogP contribution in [0, 0.1) is 16.0 Å². The smallest absolute Gasteiger partial charge is 0.407 e. The summed E-state index contributed by atoms with van der Waals surface area (Å²) in [6, 6.07) is 5.68. The van der Waals surface area contributed by atoms with Crippen molar-refractivity contribution in [3.8, 4) is 0 Å². The van der Waals surface area contributed by atoms with Gasteiger partial charge in [0.15, 0.2) is 0 Å². The number of rotatable bonds is 6. The average molecular weight is 375 g/mol. The van der Waals surface area contributed by atoms with E-state index in [1.54, 1.807) is 12.1 Å². The maximum absolute atomic E-state index is 11.1. The van der Waals surface area contributed by atoms with E-state index in [0.29, 0.717) is 25.0 Å². The first-order valence-corrected chi connectivity index (χ1v) is 9.96. The second-order valence-electron chi connectivity index (χ2n) is 7.81. The van der Waals surface area contributed by atoms with Crippen LogP contribution >= 0.6 is 0 Å². The number of nitro benzene ring substituents is 1. The fraction of sp³-hybridized carbons (Fsp3) is 0.650. The molecule has 1 heterocycles. The Balaban J connectivity index is 1.64. The van der Waals surface area contributed by atoms with Crippen molar-refractivity contribution in [2.24, 2.45) is 5.92 Å². The highest BCUT2D eigenvalue weighted by molar-refractivity contribution is 5.64. The first-order chi connectivity index (χ1) is 13.0. The van der Waals surface area contributed by atoms with Crippen LogP contribution in [0.1, 0.15) is 43.7 Å². The zero-order valence-corrected chi connectivity index (χ0v) is 16.0. The van der Waals surface area contributed by atoms with Gasteiger partial charge in [0, 0.05) is 37.8 Å². The van der Waals surface area contributed by atoms with E-state index in [2.05, 4.69) is 11.8 Å². The van der Waals surface area contributed by atoms with E-state index in [1.807, 2.05) is 6.07 Å². The fourth-order valence-electron chi connectivity index (χ4n) is 4.50. The molecule has 3 rings (SSSR count). The molecule has 1 N–H and O–H groups in total. The molecular weight excluding hydrogens is 346 g/mol. The summed E-state index contributed by atoms with van der Waals surface area (Å²) in [5.41, 5.74) is 2.53. The highest BCUT2D eigenvalue weighted by Gasteiger charge is 2.29. The molecule has 1 fully saturated rings. The van der Waals surface area contributed by atoms with Gasteiger partial charge in [0.2, 0.25) is 0 Å². The number of benzene rings is 1. The Morgan fingerprint density at radius 1 is 1.30 bits per heavy atom. The molecule has 1 saturated heterocycles. The van der Waals surface area contributed by atoms with E-state index in [9.17, 15) is 14.9 Å². The van der Waals surface area contributed by atoms with Gasteiger partial charge in [-0.05, 0) is 62.1 Å². The molecule has 2 aliphatic rings. The SMILES string of the molecule is CCCN(CC1CCN(C(=O)O)CC1)C1CCc2ccc([N+](=O)[O-])cc2C1. The molecule has 1 aromatic rings. The van der Waals surface area contributed by atoms with Crippen molar-refractivity contribution in [2.75, 3.05) is 26.2 Å². The number of nitro groups is 1. The van der Waals surface area contributed by atoms with Gasteiger partial charge in [0.25, 0.3) is 5.69 Å². The summed E-state index contributed by atoms with van der Waals surface area (Å²) >= 11 is 0. The summed E-state index contributed by atoms with van der Waals surface area (Å²) in [7, 11) is 0. The first-order valence-electron chi connectivity index (χ1n) is 9.96. The minimum absolute atomic E-state index is 0.178. The van der Waals surface area contributed by atoms with Crippen LogP contribution in [0.25, 0.3) is 0 Å². The zero-order chi connectivity index (χ0) is 19.4. The summed E-state index contributed by atoms with van der Waals surface area (Å²) in [5, 5.41) is 20.2. The minimum atomic E-state index is -0.815. The lowest BCUT2D eigenvalue weighted by Gasteiger charge is -2.39. The second-order valence-corrected chi connectivity index (χ2v) is 7.81. The molecule has 1 aromatic carbocycles. The molecular formula is C20H29N3O4. The lowest BCUT2D eigenvalue weighted by atomic mass is 9.86. The Morgan fingerprint density at radius 3 is 2.67 bits per heavy atom. The maximum Gasteiger partial charge on any atom is 0.407 e. The molecule has 1 atom stereocenters. The van der Waals surface area contributed by atoms with E-state index < -0.39 is 6.09 Å². The van der Waals surface area contributed by atoms with Crippen LogP contribution in [0.15, 0.2) is 18.2 Å². The van der Waals surface area contributed by atoms with Crippen LogP contribution in [0.4, 0.5) is 10.5 Å². The molecule has 27 heavy (non-hydrogen) atoms. The standard InChI is InChI=1S/C20H29N3O4/c1-2-9-22(14-15-7-10-21(11-8-15)20(24)25)18-5-3-16-4-6-19(23(26)27)13-17(16)12-18/h4,6,13,15,18H,2-3,5,7-12,14H2,1H3,(H,24,25). The second kappa shape index (κ2) is 8.69. The quantitative estimate of drug-likeness (QED) is 0.607. The average Bonchev–Trinajstić information content (AvgIpc) is 2.67. The van der Waals surface area contributed by atoms with Gasteiger partial charge in [-0.2, -0.15) is 0 Å². The van der Waals surface area contributed by atoms with Crippen LogP contribution in [0.5, 0.6) is 0 Å². The Hall–Kier alpha value is -2.15. The minimum Gasteiger partial charge on any atom is -0.465 e. The predicted molar refractivity (Wildman–Crippen MR) is 103 cm³/mol. The Labute approximate surface area is 160 Å². The van der Waals surface area contributed by atoms with E-state index in [4.69, 9.17) is 5.11 Å². The van der Waals surface area contributed by atoms with E-state index in [-0.39, 0.29) is 10.6 Å². The Kier molecular flexibility index (Phi) is 6.31. The molecule has 0 radical (unpaired) electrons. The van der Waals surface area contributed by atoms with Crippen molar-refractivity contribution < 1.29 is 14.8 Å². The van der Waals surface area contributed by atoms with Crippen molar-refractivity contribution in [1.82, 2.24) is 9.80 Å². The third-order valence-electron chi connectivity index (χ3n) is 6.01.